The van der Waals surface area contributed by atoms with Gasteiger partial charge in [-0.1, -0.05) is 36.4 Å². The van der Waals surface area contributed by atoms with Gasteiger partial charge in [-0.25, -0.2) is 9.37 Å². The van der Waals surface area contributed by atoms with Gasteiger partial charge in [-0.2, -0.15) is 0 Å². The lowest BCUT2D eigenvalue weighted by atomic mass is 10.0. The number of aryl methyl sites for hydroxylation is 1. The minimum atomic E-state index is -0.565. The van der Waals surface area contributed by atoms with E-state index in [-0.39, 0.29) is 17.2 Å². The number of Topliss-reactive ketones (excluding diaryl/α,β-unsaturated/α-hetero) is 1. The molecule has 2 aromatic carbocycles. The summed E-state index contributed by atoms with van der Waals surface area (Å²) >= 11 is 0. The van der Waals surface area contributed by atoms with Gasteiger partial charge in [0, 0.05) is 26.2 Å². The van der Waals surface area contributed by atoms with Gasteiger partial charge in [-0.05, 0) is 61.2 Å². The molecule has 1 aromatic heterocycles. The van der Waals surface area contributed by atoms with E-state index in [1.54, 1.807) is 6.07 Å². The molecule has 3 aromatic rings. The lowest BCUT2D eigenvalue weighted by Crippen LogP contribution is -2.43. The zero-order valence-corrected chi connectivity index (χ0v) is 18.3. The molecule has 6 heteroatoms. The molecular weight excluding hydrogens is 405 g/mol. The topological polar surface area (TPSA) is 54.5 Å². The number of ether oxygens (including phenoxy) is 1. The second kappa shape index (κ2) is 10.5. The zero-order valence-electron chi connectivity index (χ0n) is 18.3. The Balaban J connectivity index is 1.40. The molecule has 1 aliphatic heterocycles. The summed E-state index contributed by atoms with van der Waals surface area (Å²) in [6.07, 6.45) is 3.27. The van der Waals surface area contributed by atoms with E-state index in [0.29, 0.717) is 5.75 Å². The Hall–Kier alpha value is -3.09. The van der Waals surface area contributed by atoms with Crippen LogP contribution < -0.4 is 10.1 Å². The number of hydrogen-bond acceptors (Lipinski definition) is 5. The third-order valence-electron chi connectivity index (χ3n) is 5.68. The van der Waals surface area contributed by atoms with E-state index < -0.39 is 5.82 Å². The maximum absolute atomic E-state index is 13.5. The highest BCUT2D eigenvalue weighted by atomic mass is 19.1. The fourth-order valence-electron chi connectivity index (χ4n) is 3.92. The van der Waals surface area contributed by atoms with Crippen LogP contribution in [0.5, 0.6) is 11.6 Å². The number of hydrogen-bond donors (Lipinski definition) is 1. The van der Waals surface area contributed by atoms with Crippen LogP contribution in [-0.2, 0) is 6.42 Å². The SMILES string of the molecule is CC(=O)c1cc(F)cnc1Oc1cccc(-c2ccc(CCCN3CCNCC3)cc2)c1. The second-order valence-electron chi connectivity index (χ2n) is 8.08. The monoisotopic (exact) mass is 433 g/mol. The molecule has 0 spiro atoms. The summed E-state index contributed by atoms with van der Waals surface area (Å²) in [4.78, 5) is 18.3. The lowest BCUT2D eigenvalue weighted by molar-refractivity contribution is 0.101. The summed E-state index contributed by atoms with van der Waals surface area (Å²) in [6.45, 7) is 6.96. The molecular formula is C26H28FN3O2. The molecule has 0 aliphatic carbocycles. The number of carbonyl (C=O) groups is 1. The van der Waals surface area contributed by atoms with E-state index in [4.69, 9.17) is 4.74 Å². The van der Waals surface area contributed by atoms with Crippen LogP contribution in [0.1, 0.15) is 29.3 Å². The van der Waals surface area contributed by atoms with Crippen molar-refractivity contribution in [2.75, 3.05) is 32.7 Å². The fourth-order valence-corrected chi connectivity index (χ4v) is 3.92. The molecule has 1 fully saturated rings. The first-order valence-electron chi connectivity index (χ1n) is 11.1. The highest BCUT2D eigenvalue weighted by molar-refractivity contribution is 5.96. The number of benzene rings is 2. The summed E-state index contributed by atoms with van der Waals surface area (Å²) in [5.74, 6) is -0.208. The Labute approximate surface area is 188 Å². The summed E-state index contributed by atoms with van der Waals surface area (Å²) in [5.41, 5.74) is 3.54. The van der Waals surface area contributed by atoms with Crippen molar-refractivity contribution in [3.05, 3.63) is 77.7 Å². The molecule has 0 atom stereocenters. The molecule has 1 aliphatic rings. The van der Waals surface area contributed by atoms with Crippen LogP contribution >= 0.6 is 0 Å². The number of aromatic nitrogens is 1. The molecule has 4 rings (SSSR count). The van der Waals surface area contributed by atoms with Crippen LogP contribution in [0.2, 0.25) is 0 Å². The normalized spacial score (nSPS) is 14.3. The van der Waals surface area contributed by atoms with E-state index in [0.717, 1.165) is 69.0 Å². The predicted octanol–water partition coefficient (Wildman–Crippen LogP) is 4.72. The Bertz CT molecular complexity index is 1060. The maximum Gasteiger partial charge on any atom is 0.230 e. The van der Waals surface area contributed by atoms with E-state index in [1.165, 1.54) is 12.5 Å². The summed E-state index contributed by atoms with van der Waals surface area (Å²) in [6, 6.07) is 17.3. The minimum absolute atomic E-state index is 0.107. The third-order valence-corrected chi connectivity index (χ3v) is 5.68. The predicted molar refractivity (Wildman–Crippen MR) is 124 cm³/mol. The average Bonchev–Trinajstić information content (AvgIpc) is 2.81. The molecule has 0 amide bonds. The molecule has 5 nitrogen and oxygen atoms in total. The lowest BCUT2D eigenvalue weighted by Gasteiger charge is -2.27. The van der Waals surface area contributed by atoms with Crippen LogP contribution in [0.3, 0.4) is 0 Å². The van der Waals surface area contributed by atoms with Gasteiger partial charge in [0.05, 0.1) is 11.8 Å². The number of nitrogens with zero attached hydrogens (tertiary/aromatic N) is 2. The molecule has 166 valence electrons. The average molecular weight is 434 g/mol. The first kappa shape index (κ1) is 22.1. The maximum atomic E-state index is 13.5. The molecule has 32 heavy (non-hydrogen) atoms. The number of carbonyl (C=O) groups excluding carboxylic acids is 1. The highest BCUT2D eigenvalue weighted by Gasteiger charge is 2.13. The van der Waals surface area contributed by atoms with Crippen molar-refractivity contribution in [1.29, 1.82) is 0 Å². The van der Waals surface area contributed by atoms with Gasteiger partial charge in [0.15, 0.2) is 5.78 Å². The Morgan fingerprint density at radius 3 is 2.62 bits per heavy atom. The van der Waals surface area contributed by atoms with Gasteiger partial charge in [-0.15, -0.1) is 0 Å². The van der Waals surface area contributed by atoms with Gasteiger partial charge in [0.1, 0.15) is 11.6 Å². The van der Waals surface area contributed by atoms with Crippen molar-refractivity contribution in [2.45, 2.75) is 19.8 Å². The van der Waals surface area contributed by atoms with Crippen molar-refractivity contribution in [2.24, 2.45) is 0 Å². The van der Waals surface area contributed by atoms with Crippen LogP contribution in [0.4, 0.5) is 4.39 Å². The van der Waals surface area contributed by atoms with Crippen LogP contribution in [-0.4, -0.2) is 48.4 Å². The standard InChI is InChI=1S/C26H28FN3O2/c1-19(31)25-17-23(27)18-29-26(25)32-24-6-2-5-22(16-24)21-9-7-20(8-10-21)4-3-13-30-14-11-28-12-15-30/h2,5-10,16-18,28H,3-4,11-15H2,1H3. The molecule has 2 heterocycles. The number of pyridine rings is 1. The molecule has 1 N–H and O–H groups in total. The minimum Gasteiger partial charge on any atom is -0.438 e. The van der Waals surface area contributed by atoms with Crippen LogP contribution in [0.15, 0.2) is 60.8 Å². The highest BCUT2D eigenvalue weighted by Crippen LogP contribution is 2.29. The fraction of sp³-hybridized carbons (Fsp3) is 0.308. The Morgan fingerprint density at radius 2 is 1.88 bits per heavy atom. The first-order valence-corrected chi connectivity index (χ1v) is 11.1. The van der Waals surface area contributed by atoms with Crippen molar-refractivity contribution in [3.63, 3.8) is 0 Å². The summed E-state index contributed by atoms with van der Waals surface area (Å²) in [5, 5.41) is 3.39. The van der Waals surface area contributed by atoms with Crippen molar-refractivity contribution in [1.82, 2.24) is 15.2 Å². The van der Waals surface area contributed by atoms with Crippen LogP contribution in [0.25, 0.3) is 11.1 Å². The van der Waals surface area contributed by atoms with Crippen molar-refractivity contribution >= 4 is 5.78 Å². The van der Waals surface area contributed by atoms with Gasteiger partial charge in [-0.3, -0.25) is 4.79 Å². The van der Waals surface area contributed by atoms with E-state index >= 15 is 0 Å². The van der Waals surface area contributed by atoms with Crippen LogP contribution in [0, 0.1) is 5.82 Å². The second-order valence-corrected chi connectivity index (χ2v) is 8.08. The van der Waals surface area contributed by atoms with Gasteiger partial charge < -0.3 is 15.0 Å². The number of piperazine rings is 1. The third kappa shape index (κ3) is 5.78. The van der Waals surface area contributed by atoms with Gasteiger partial charge >= 0.3 is 0 Å². The largest absolute Gasteiger partial charge is 0.438 e. The number of nitrogens with one attached hydrogen (secondary N) is 1. The molecule has 0 saturated carbocycles. The van der Waals surface area contributed by atoms with E-state index in [9.17, 15) is 9.18 Å². The number of ketones is 1. The number of rotatable bonds is 8. The smallest absolute Gasteiger partial charge is 0.230 e. The van der Waals surface area contributed by atoms with Gasteiger partial charge in [0.2, 0.25) is 5.88 Å². The number of halogens is 1. The quantitative estimate of drug-likeness (QED) is 0.521. The molecule has 0 unspecified atom stereocenters. The summed E-state index contributed by atoms with van der Waals surface area (Å²) < 4.78 is 19.3. The van der Waals surface area contributed by atoms with E-state index in [1.807, 2.05) is 18.2 Å². The summed E-state index contributed by atoms with van der Waals surface area (Å²) in [7, 11) is 0. The van der Waals surface area contributed by atoms with E-state index in [2.05, 4.69) is 39.5 Å². The molecule has 0 bridgehead atoms. The van der Waals surface area contributed by atoms with Crippen molar-refractivity contribution < 1.29 is 13.9 Å². The Morgan fingerprint density at radius 1 is 1.09 bits per heavy atom. The van der Waals surface area contributed by atoms with Gasteiger partial charge in [0.25, 0.3) is 0 Å². The molecule has 0 radical (unpaired) electrons. The van der Waals surface area contributed by atoms with Crippen molar-refractivity contribution in [3.8, 4) is 22.8 Å². The zero-order chi connectivity index (χ0) is 22.3. The first-order chi connectivity index (χ1) is 15.6. The Kier molecular flexibility index (Phi) is 7.24. The molecule has 1 saturated heterocycles.